The van der Waals surface area contributed by atoms with Crippen LogP contribution in [-0.4, -0.2) is 66.4 Å². The number of amides is 2. The highest BCUT2D eigenvalue weighted by Crippen LogP contribution is 2.23. The summed E-state index contributed by atoms with van der Waals surface area (Å²) in [4.78, 5) is 31.6. The lowest BCUT2D eigenvalue weighted by molar-refractivity contribution is 0.0596. The quantitative estimate of drug-likeness (QED) is 0.390. The first-order chi connectivity index (χ1) is 15.8. The van der Waals surface area contributed by atoms with Gasteiger partial charge in [-0.25, -0.2) is 35.9 Å². The van der Waals surface area contributed by atoms with E-state index in [2.05, 4.69) is 24.7 Å². The minimum Gasteiger partial charge on any atom is -0.481 e. The number of nitrogens with zero attached hydrogens (tertiary/aromatic N) is 2. The van der Waals surface area contributed by atoms with Crippen LogP contribution in [0.2, 0.25) is 0 Å². The number of esters is 1. The average molecular weight is 518 g/mol. The first kappa shape index (κ1) is 26.7. The molecule has 1 aromatic carbocycles. The van der Waals surface area contributed by atoms with Crippen molar-refractivity contribution in [2.75, 3.05) is 32.9 Å². The van der Waals surface area contributed by atoms with E-state index in [1.807, 2.05) is 0 Å². The highest BCUT2D eigenvalue weighted by Gasteiger charge is 2.27. The molecule has 2 aromatic rings. The zero-order valence-electron chi connectivity index (χ0n) is 18.8. The first-order valence-electron chi connectivity index (χ1n) is 9.30. The van der Waals surface area contributed by atoms with Gasteiger partial charge in [-0.1, -0.05) is 6.07 Å². The number of methoxy groups -OCH3 is 3. The van der Waals surface area contributed by atoms with Gasteiger partial charge < -0.3 is 14.2 Å². The van der Waals surface area contributed by atoms with Gasteiger partial charge in [-0.3, -0.25) is 5.32 Å². The molecule has 14 nitrogen and oxygen atoms in total. The molecule has 0 aliphatic heterocycles. The number of rotatable bonds is 9. The van der Waals surface area contributed by atoms with Crippen molar-refractivity contribution in [2.24, 2.45) is 0 Å². The molecule has 1 atom stereocenters. The van der Waals surface area contributed by atoms with Gasteiger partial charge in [-0.15, -0.1) is 0 Å². The highest BCUT2D eigenvalue weighted by atomic mass is 32.2. The van der Waals surface area contributed by atoms with Crippen molar-refractivity contribution in [3.05, 3.63) is 35.4 Å². The van der Waals surface area contributed by atoms with Gasteiger partial charge in [0.25, 0.3) is 10.0 Å². The van der Waals surface area contributed by atoms with Gasteiger partial charge in [-0.2, -0.15) is 9.97 Å². The third-order valence-electron chi connectivity index (χ3n) is 4.14. The molecule has 1 aromatic heterocycles. The molecule has 0 spiro atoms. The van der Waals surface area contributed by atoms with E-state index < -0.39 is 43.0 Å². The van der Waals surface area contributed by atoms with Crippen LogP contribution in [0.25, 0.3) is 0 Å². The Morgan fingerprint density at radius 3 is 2.06 bits per heavy atom. The lowest BCUT2D eigenvalue weighted by Crippen LogP contribution is -2.36. The van der Waals surface area contributed by atoms with E-state index in [9.17, 15) is 26.4 Å². The Balaban J connectivity index is 2.40. The smallest absolute Gasteiger partial charge is 0.339 e. The lowest BCUT2D eigenvalue weighted by atomic mass is 10.1. The molecule has 1 unspecified atom stereocenters. The summed E-state index contributed by atoms with van der Waals surface area (Å²) < 4.78 is 67.6. The van der Waals surface area contributed by atoms with Crippen LogP contribution in [0.15, 0.2) is 29.2 Å². The molecular formula is C18H23N5O9S2. The van der Waals surface area contributed by atoms with Gasteiger partial charge in [0.2, 0.25) is 27.7 Å². The van der Waals surface area contributed by atoms with Gasteiger partial charge in [0.1, 0.15) is 4.90 Å². The van der Waals surface area contributed by atoms with Crippen LogP contribution in [0.1, 0.15) is 28.9 Å². The Morgan fingerprint density at radius 2 is 1.56 bits per heavy atom. The molecule has 0 bridgehead atoms. The standard InChI is InChI=1S/C18H23N5O9S2/c1-10(22-33(5,26)27)11-6-7-12(16(24)32-4)13(8-11)34(28,29)23-18(25)21-17-19-14(30-2)9-15(20-17)31-3/h6-10,22H,1-5H3,(H2,19,20,21,23,25). The highest BCUT2D eigenvalue weighted by molar-refractivity contribution is 7.90. The van der Waals surface area contributed by atoms with Crippen molar-refractivity contribution in [3.8, 4) is 11.8 Å². The Bertz CT molecular complexity index is 1270. The van der Waals surface area contributed by atoms with E-state index in [4.69, 9.17) is 9.47 Å². The molecule has 16 heteroatoms. The Hall–Kier alpha value is -3.50. The summed E-state index contributed by atoms with van der Waals surface area (Å²) in [7, 11) is -4.59. The number of ether oxygens (including phenoxy) is 3. The number of nitrogens with one attached hydrogen (secondary N) is 3. The van der Waals surface area contributed by atoms with Gasteiger partial charge in [0, 0.05) is 6.04 Å². The number of anilines is 1. The third kappa shape index (κ3) is 7.00. The second-order valence-electron chi connectivity index (χ2n) is 6.69. The molecule has 0 aliphatic rings. The fraction of sp³-hybridized carbons (Fsp3) is 0.333. The Morgan fingerprint density at radius 1 is 0.971 bits per heavy atom. The molecule has 2 rings (SSSR count). The predicted molar refractivity (Wildman–Crippen MR) is 119 cm³/mol. The normalized spacial score (nSPS) is 12.4. The summed E-state index contributed by atoms with van der Waals surface area (Å²) in [6.45, 7) is 1.47. The lowest BCUT2D eigenvalue weighted by Gasteiger charge is -2.16. The van der Waals surface area contributed by atoms with Crippen molar-refractivity contribution in [2.45, 2.75) is 17.9 Å². The molecule has 0 saturated carbocycles. The maximum Gasteiger partial charge on any atom is 0.339 e. The zero-order chi connectivity index (χ0) is 25.7. The maximum absolute atomic E-state index is 13.0. The van der Waals surface area contributed by atoms with Gasteiger partial charge >= 0.3 is 12.0 Å². The van der Waals surface area contributed by atoms with Gasteiger partial charge in [0.05, 0.1) is 39.2 Å². The number of sulfonamides is 2. The molecule has 0 aliphatic carbocycles. The zero-order valence-corrected chi connectivity index (χ0v) is 20.4. The fourth-order valence-electron chi connectivity index (χ4n) is 2.67. The second-order valence-corrected chi connectivity index (χ2v) is 10.1. The SMILES string of the molecule is COC(=O)c1ccc(C(C)NS(C)(=O)=O)cc1S(=O)(=O)NC(=O)Nc1nc(OC)cc(OC)n1. The molecule has 2 amide bonds. The number of urea groups is 1. The minimum absolute atomic E-state index is 0.0399. The van der Waals surface area contributed by atoms with Crippen molar-refractivity contribution in [3.63, 3.8) is 0 Å². The molecule has 34 heavy (non-hydrogen) atoms. The van der Waals surface area contributed by atoms with E-state index in [0.29, 0.717) is 0 Å². The van der Waals surface area contributed by atoms with E-state index in [1.165, 1.54) is 33.3 Å². The minimum atomic E-state index is -4.65. The number of hydrogen-bond donors (Lipinski definition) is 3. The topological polar surface area (TPSA) is 192 Å². The summed E-state index contributed by atoms with van der Waals surface area (Å²) in [5.41, 5.74) is -0.169. The maximum atomic E-state index is 13.0. The van der Waals surface area contributed by atoms with Crippen molar-refractivity contribution in [1.82, 2.24) is 19.4 Å². The van der Waals surface area contributed by atoms with Crippen molar-refractivity contribution >= 4 is 38.0 Å². The Labute approximate surface area is 196 Å². The number of carbonyl (C=O) groups excluding carboxylic acids is 2. The molecule has 1 heterocycles. The van der Waals surface area contributed by atoms with Crippen LogP contribution in [0, 0.1) is 0 Å². The monoisotopic (exact) mass is 517 g/mol. The third-order valence-corrected chi connectivity index (χ3v) is 6.29. The number of aromatic nitrogens is 2. The van der Waals surface area contributed by atoms with Crippen LogP contribution in [-0.2, 0) is 24.8 Å². The number of hydrogen-bond acceptors (Lipinski definition) is 11. The summed E-state index contributed by atoms with van der Waals surface area (Å²) in [5, 5.41) is 2.13. The summed E-state index contributed by atoms with van der Waals surface area (Å²) in [6, 6.07) is 2.78. The van der Waals surface area contributed by atoms with Crippen molar-refractivity contribution in [1.29, 1.82) is 0 Å². The molecule has 0 saturated heterocycles. The molecule has 3 N–H and O–H groups in total. The predicted octanol–water partition coefficient (Wildman–Crippen LogP) is 0.401. The largest absolute Gasteiger partial charge is 0.481 e. The molecular weight excluding hydrogens is 494 g/mol. The number of carbonyl (C=O) groups is 2. The van der Waals surface area contributed by atoms with E-state index in [0.717, 1.165) is 25.5 Å². The van der Waals surface area contributed by atoms with Crippen molar-refractivity contribution < 1.29 is 40.6 Å². The summed E-state index contributed by atoms with van der Waals surface area (Å²) >= 11 is 0. The number of benzene rings is 1. The molecule has 0 fully saturated rings. The van der Waals surface area contributed by atoms with Crippen LogP contribution >= 0.6 is 0 Å². The molecule has 186 valence electrons. The first-order valence-corrected chi connectivity index (χ1v) is 12.7. The molecule has 0 radical (unpaired) electrons. The van der Waals surface area contributed by atoms with Gasteiger partial charge in [0.15, 0.2) is 0 Å². The van der Waals surface area contributed by atoms with E-state index in [-0.39, 0.29) is 28.8 Å². The second kappa shape index (κ2) is 10.6. The van der Waals surface area contributed by atoms with Crippen LogP contribution < -0.4 is 24.2 Å². The van der Waals surface area contributed by atoms with Crippen LogP contribution in [0.4, 0.5) is 10.7 Å². The average Bonchev–Trinajstić information content (AvgIpc) is 2.76. The summed E-state index contributed by atoms with van der Waals surface area (Å²) in [6.07, 6.45) is 0.936. The van der Waals surface area contributed by atoms with E-state index >= 15 is 0 Å². The Kier molecular flexibility index (Phi) is 8.36. The van der Waals surface area contributed by atoms with Crippen LogP contribution in [0.3, 0.4) is 0 Å². The van der Waals surface area contributed by atoms with Gasteiger partial charge in [-0.05, 0) is 24.6 Å². The van der Waals surface area contributed by atoms with Crippen LogP contribution in [0.5, 0.6) is 11.8 Å². The van der Waals surface area contributed by atoms with E-state index in [1.54, 1.807) is 4.72 Å². The fourth-order valence-corrected chi connectivity index (χ4v) is 4.59. The summed E-state index contributed by atoms with van der Waals surface area (Å²) in [5.74, 6) is -1.23.